The van der Waals surface area contributed by atoms with Crippen LogP contribution in [-0.4, -0.2) is 25.8 Å². The van der Waals surface area contributed by atoms with Crippen molar-refractivity contribution in [3.63, 3.8) is 0 Å². The Bertz CT molecular complexity index is 512. The molecule has 0 N–H and O–H groups in total. The molecule has 1 aromatic rings. The Morgan fingerprint density at radius 3 is 2.33 bits per heavy atom. The summed E-state index contributed by atoms with van der Waals surface area (Å²) in [6, 6.07) is 5.11. The molecule has 0 saturated heterocycles. The van der Waals surface area contributed by atoms with Crippen molar-refractivity contribution >= 4 is 21.6 Å². The molecule has 102 valence electrons. The lowest BCUT2D eigenvalue weighted by Gasteiger charge is -2.21. The molecule has 0 amide bonds. The lowest BCUT2D eigenvalue weighted by Crippen LogP contribution is -2.33. The number of nitrogens with zero attached hydrogens (tertiary/aromatic N) is 1. The maximum atomic E-state index is 12.3. The summed E-state index contributed by atoms with van der Waals surface area (Å²) in [6.07, 6.45) is 0.850. The minimum absolute atomic E-state index is 0.0692. The van der Waals surface area contributed by atoms with Crippen LogP contribution in [0.25, 0.3) is 0 Å². The second kappa shape index (κ2) is 6.04. The molecular weight excluding hydrogens is 270 g/mol. The van der Waals surface area contributed by atoms with E-state index in [1.807, 2.05) is 26.8 Å². The average Bonchev–Trinajstić information content (AvgIpc) is 2.36. The molecule has 1 aromatic carbocycles. The van der Waals surface area contributed by atoms with E-state index >= 15 is 0 Å². The van der Waals surface area contributed by atoms with Gasteiger partial charge in [-0.05, 0) is 43.5 Å². The second-order valence-corrected chi connectivity index (χ2v) is 6.80. The summed E-state index contributed by atoms with van der Waals surface area (Å²) in [4.78, 5) is 0.312. The van der Waals surface area contributed by atoms with Gasteiger partial charge in [0.1, 0.15) is 0 Å². The van der Waals surface area contributed by atoms with E-state index < -0.39 is 10.0 Å². The molecule has 3 nitrogen and oxygen atoms in total. The van der Waals surface area contributed by atoms with Crippen LogP contribution in [0.5, 0.6) is 0 Å². The molecule has 0 spiro atoms. The number of halogens is 1. The molecule has 0 aliphatic heterocycles. The van der Waals surface area contributed by atoms with Crippen molar-refractivity contribution in [2.75, 3.05) is 7.05 Å². The fourth-order valence-corrected chi connectivity index (χ4v) is 3.34. The van der Waals surface area contributed by atoms with Gasteiger partial charge in [0.2, 0.25) is 10.0 Å². The van der Waals surface area contributed by atoms with E-state index in [1.54, 1.807) is 19.2 Å². The van der Waals surface area contributed by atoms with Crippen molar-refractivity contribution in [3.8, 4) is 0 Å². The van der Waals surface area contributed by atoms with Gasteiger partial charge in [0.15, 0.2) is 0 Å². The van der Waals surface area contributed by atoms with E-state index in [1.165, 1.54) is 4.31 Å². The van der Waals surface area contributed by atoms with Crippen LogP contribution in [-0.2, 0) is 22.3 Å². The van der Waals surface area contributed by atoms with Gasteiger partial charge < -0.3 is 0 Å². The number of sulfonamides is 1. The highest BCUT2D eigenvalue weighted by Gasteiger charge is 2.23. The molecule has 0 fully saturated rings. The van der Waals surface area contributed by atoms with Gasteiger partial charge in [0.25, 0.3) is 0 Å². The summed E-state index contributed by atoms with van der Waals surface area (Å²) in [5, 5.41) is 0. The molecule has 0 heterocycles. The maximum absolute atomic E-state index is 12.3. The smallest absolute Gasteiger partial charge is 0.207 e. The van der Waals surface area contributed by atoms with E-state index in [-0.39, 0.29) is 6.04 Å². The number of hydrogen-bond acceptors (Lipinski definition) is 2. The second-order valence-electron chi connectivity index (χ2n) is 4.53. The Kier molecular flexibility index (Phi) is 5.20. The van der Waals surface area contributed by atoms with Gasteiger partial charge in [0.05, 0.1) is 4.90 Å². The number of hydrogen-bond donors (Lipinski definition) is 0. The fraction of sp³-hybridized carbons (Fsp3) is 0.538. The van der Waals surface area contributed by atoms with E-state index in [0.717, 1.165) is 17.5 Å². The van der Waals surface area contributed by atoms with Gasteiger partial charge in [-0.25, -0.2) is 8.42 Å². The Labute approximate surface area is 115 Å². The normalized spacial score (nSPS) is 12.4. The van der Waals surface area contributed by atoms with Crippen molar-refractivity contribution < 1.29 is 8.42 Å². The van der Waals surface area contributed by atoms with Crippen LogP contribution in [0.1, 0.15) is 31.9 Å². The number of aryl methyl sites for hydroxylation is 1. The first-order valence-electron chi connectivity index (χ1n) is 6.00. The molecule has 0 aliphatic rings. The van der Waals surface area contributed by atoms with Gasteiger partial charge in [-0.3, -0.25) is 0 Å². The van der Waals surface area contributed by atoms with Gasteiger partial charge in [-0.2, -0.15) is 4.31 Å². The Morgan fingerprint density at radius 2 is 1.89 bits per heavy atom. The lowest BCUT2D eigenvalue weighted by atomic mass is 10.1. The fourth-order valence-electron chi connectivity index (χ4n) is 1.68. The van der Waals surface area contributed by atoms with Crippen LogP contribution in [0.3, 0.4) is 0 Å². The molecule has 0 unspecified atom stereocenters. The predicted molar refractivity (Wildman–Crippen MR) is 75.5 cm³/mol. The highest BCUT2D eigenvalue weighted by atomic mass is 35.5. The molecule has 0 aromatic heterocycles. The topological polar surface area (TPSA) is 37.4 Å². The molecule has 0 radical (unpaired) electrons. The first-order valence-corrected chi connectivity index (χ1v) is 7.97. The van der Waals surface area contributed by atoms with Gasteiger partial charge in [0, 0.05) is 19.0 Å². The minimum Gasteiger partial charge on any atom is -0.207 e. The third kappa shape index (κ3) is 3.05. The number of benzene rings is 1. The summed E-state index contributed by atoms with van der Waals surface area (Å²) >= 11 is 5.87. The van der Waals surface area contributed by atoms with E-state index in [4.69, 9.17) is 11.6 Å². The van der Waals surface area contributed by atoms with Gasteiger partial charge in [-0.15, -0.1) is 11.6 Å². The Hall–Kier alpha value is -0.580. The molecular formula is C13H20ClNO2S. The van der Waals surface area contributed by atoms with Crippen molar-refractivity contribution in [2.24, 2.45) is 0 Å². The zero-order chi connectivity index (χ0) is 13.9. The largest absolute Gasteiger partial charge is 0.243 e. The maximum Gasteiger partial charge on any atom is 0.243 e. The summed E-state index contributed by atoms with van der Waals surface area (Å²) < 4.78 is 26.0. The Morgan fingerprint density at radius 1 is 1.28 bits per heavy atom. The molecule has 0 aliphatic carbocycles. The van der Waals surface area contributed by atoms with Gasteiger partial charge >= 0.3 is 0 Å². The summed E-state index contributed by atoms with van der Waals surface area (Å²) in [6.45, 7) is 5.72. The van der Waals surface area contributed by atoms with Crippen LogP contribution in [0.15, 0.2) is 23.1 Å². The molecule has 5 heteroatoms. The van der Waals surface area contributed by atoms with E-state index in [2.05, 4.69) is 0 Å². The zero-order valence-electron chi connectivity index (χ0n) is 11.3. The van der Waals surface area contributed by atoms with Crippen LogP contribution in [0.2, 0.25) is 0 Å². The van der Waals surface area contributed by atoms with Crippen LogP contribution in [0, 0.1) is 0 Å². The highest BCUT2D eigenvalue weighted by Crippen LogP contribution is 2.21. The van der Waals surface area contributed by atoms with Crippen molar-refractivity contribution in [1.82, 2.24) is 4.31 Å². The minimum atomic E-state index is -3.42. The highest BCUT2D eigenvalue weighted by molar-refractivity contribution is 7.89. The van der Waals surface area contributed by atoms with Crippen LogP contribution < -0.4 is 0 Å². The van der Waals surface area contributed by atoms with Crippen LogP contribution >= 0.6 is 11.6 Å². The third-order valence-electron chi connectivity index (χ3n) is 3.11. The zero-order valence-corrected chi connectivity index (χ0v) is 12.8. The lowest BCUT2D eigenvalue weighted by molar-refractivity contribution is 0.410. The van der Waals surface area contributed by atoms with E-state index in [0.29, 0.717) is 10.8 Å². The van der Waals surface area contributed by atoms with Crippen molar-refractivity contribution in [3.05, 3.63) is 29.3 Å². The molecule has 18 heavy (non-hydrogen) atoms. The van der Waals surface area contributed by atoms with Crippen LogP contribution in [0.4, 0.5) is 0 Å². The van der Waals surface area contributed by atoms with Gasteiger partial charge in [-0.1, -0.05) is 13.0 Å². The summed E-state index contributed by atoms with van der Waals surface area (Å²) in [5.74, 6) is 0.331. The quantitative estimate of drug-likeness (QED) is 0.782. The predicted octanol–water partition coefficient (Wildman–Crippen LogP) is 3.02. The first kappa shape index (κ1) is 15.5. The molecule has 1 rings (SSSR count). The summed E-state index contributed by atoms with van der Waals surface area (Å²) in [5.41, 5.74) is 1.98. The summed E-state index contributed by atoms with van der Waals surface area (Å²) in [7, 11) is -1.83. The average molecular weight is 290 g/mol. The number of alkyl halides is 1. The molecule has 0 bridgehead atoms. The standard InChI is InChI=1S/C13H20ClNO2S/c1-5-11-6-7-13(8-12(11)9-14)18(16,17)15(4)10(2)3/h6-8,10H,5,9H2,1-4H3. The number of rotatable bonds is 5. The SMILES string of the molecule is CCc1ccc(S(=O)(=O)N(C)C(C)C)cc1CCl. The molecule has 0 atom stereocenters. The first-order chi connectivity index (χ1) is 8.34. The van der Waals surface area contributed by atoms with Crippen molar-refractivity contribution in [1.29, 1.82) is 0 Å². The van der Waals surface area contributed by atoms with E-state index in [9.17, 15) is 8.42 Å². The van der Waals surface area contributed by atoms with Crippen molar-refractivity contribution in [2.45, 2.75) is 44.0 Å². The third-order valence-corrected chi connectivity index (χ3v) is 5.42. The molecule has 0 saturated carbocycles. The monoisotopic (exact) mass is 289 g/mol. The Balaban J connectivity index is 3.26.